The van der Waals surface area contributed by atoms with Crippen molar-refractivity contribution in [3.63, 3.8) is 0 Å². The van der Waals surface area contributed by atoms with Crippen molar-refractivity contribution in [2.24, 2.45) is 0 Å². The highest BCUT2D eigenvalue weighted by atomic mass is 32.2. The molecule has 0 aromatic rings. The van der Waals surface area contributed by atoms with Crippen LogP contribution in [0.5, 0.6) is 0 Å². The largest absolute Gasteiger partial charge is 0.510 e. The van der Waals surface area contributed by atoms with E-state index >= 15 is 0 Å². The van der Waals surface area contributed by atoms with Gasteiger partial charge in [0.15, 0.2) is 0 Å². The van der Waals surface area contributed by atoms with Crippen molar-refractivity contribution in [2.75, 3.05) is 33.3 Å². The summed E-state index contributed by atoms with van der Waals surface area (Å²) in [6.07, 6.45) is 0. The van der Waals surface area contributed by atoms with Gasteiger partial charge < -0.3 is 17.5 Å². The first-order valence-electron chi connectivity index (χ1n) is 7.67. The van der Waals surface area contributed by atoms with Crippen LogP contribution in [0.1, 0.15) is 6.92 Å². The third-order valence-corrected chi connectivity index (χ3v) is 19.8. The molecule has 1 rings (SSSR count). The molecule has 1 aliphatic rings. The Kier molecular flexibility index (Phi) is 7.20. The highest BCUT2D eigenvalue weighted by molar-refractivity contribution is 8.01. The molecule has 1 aliphatic heterocycles. The van der Waals surface area contributed by atoms with Crippen LogP contribution in [0.2, 0.25) is 38.3 Å². The van der Waals surface area contributed by atoms with Gasteiger partial charge in [0.1, 0.15) is 16.5 Å². The van der Waals surface area contributed by atoms with E-state index in [0.717, 1.165) is 5.38 Å². The van der Waals surface area contributed by atoms with Crippen LogP contribution in [-0.4, -0.2) is 68.0 Å². The van der Waals surface area contributed by atoms with Crippen LogP contribution in [0.4, 0.5) is 0 Å². The van der Waals surface area contributed by atoms with E-state index in [2.05, 4.69) is 37.3 Å². The molecule has 4 nitrogen and oxygen atoms in total. The Bertz CT molecular complexity index is 316. The summed E-state index contributed by atoms with van der Waals surface area (Å²) < 4.78 is 19.5. The molecule has 1 unspecified atom stereocenters. The van der Waals surface area contributed by atoms with Crippen LogP contribution in [-0.2, 0) is 13.3 Å². The molecule has 0 bridgehead atoms. The Morgan fingerprint density at radius 2 is 1.43 bits per heavy atom. The predicted molar refractivity (Wildman–Crippen MR) is 100.0 cm³/mol. The van der Waals surface area contributed by atoms with Gasteiger partial charge in [-0.1, -0.05) is 33.1 Å². The SMILES string of the molecule is CO[Si](CSC(C)CN1[Si](C)(C)CC[Si]1(C)C)(OC)OC. The van der Waals surface area contributed by atoms with Gasteiger partial charge in [0.25, 0.3) is 0 Å². The minimum absolute atomic E-state index is 0.592. The number of hydrogen-bond acceptors (Lipinski definition) is 5. The first kappa shape index (κ1) is 19.9. The maximum absolute atomic E-state index is 5.52. The maximum atomic E-state index is 5.52. The second kappa shape index (κ2) is 7.61. The van der Waals surface area contributed by atoms with Crippen LogP contribution in [0.15, 0.2) is 0 Å². The minimum atomic E-state index is -2.44. The van der Waals surface area contributed by atoms with Crippen molar-refractivity contribution in [3.05, 3.63) is 0 Å². The standard InChI is InChI=1S/C13H33NO3SSi3/c1-13(18-12-21(15-2,16-3)17-4)11-14-19(5,6)9-10-20(14,7)8/h13H,9-12H2,1-8H3. The molecule has 0 aromatic heterocycles. The number of thioether (sulfide) groups is 1. The molecule has 0 spiro atoms. The molecule has 0 aliphatic carbocycles. The van der Waals surface area contributed by atoms with Crippen molar-refractivity contribution < 1.29 is 13.3 Å². The molecule has 126 valence electrons. The lowest BCUT2D eigenvalue weighted by Gasteiger charge is -2.40. The van der Waals surface area contributed by atoms with Gasteiger partial charge in [-0.2, -0.15) is 11.8 Å². The summed E-state index contributed by atoms with van der Waals surface area (Å²) in [5.41, 5.74) is 0. The summed E-state index contributed by atoms with van der Waals surface area (Å²) in [6.45, 7) is 13.7. The molecule has 0 N–H and O–H groups in total. The molecule has 21 heavy (non-hydrogen) atoms. The lowest BCUT2D eigenvalue weighted by molar-refractivity contribution is 0.130. The van der Waals surface area contributed by atoms with Crippen LogP contribution in [0, 0.1) is 0 Å². The third-order valence-electron chi connectivity index (χ3n) is 4.73. The summed E-state index contributed by atoms with van der Waals surface area (Å²) in [5, 5.41) is 1.42. The Labute approximate surface area is 138 Å². The fourth-order valence-electron chi connectivity index (χ4n) is 3.18. The summed E-state index contributed by atoms with van der Waals surface area (Å²) >= 11 is 1.93. The van der Waals surface area contributed by atoms with E-state index in [9.17, 15) is 0 Å². The Morgan fingerprint density at radius 3 is 1.81 bits per heavy atom. The topological polar surface area (TPSA) is 30.9 Å². The summed E-state index contributed by atoms with van der Waals surface area (Å²) in [5.74, 6) is 0. The first-order valence-corrected chi connectivity index (χ1v) is 17.0. The van der Waals surface area contributed by atoms with Crippen molar-refractivity contribution in [3.8, 4) is 0 Å². The smallest absolute Gasteiger partial charge is 0.376 e. The summed E-state index contributed by atoms with van der Waals surface area (Å²) in [7, 11) is 0.298. The van der Waals surface area contributed by atoms with Crippen molar-refractivity contribution in [1.29, 1.82) is 0 Å². The summed E-state index contributed by atoms with van der Waals surface area (Å²) in [6, 6.07) is 2.94. The average molecular weight is 368 g/mol. The first-order chi connectivity index (χ1) is 9.62. The second-order valence-electron chi connectivity index (χ2n) is 7.15. The maximum Gasteiger partial charge on any atom is 0.510 e. The number of nitrogens with zero attached hydrogens (tertiary/aromatic N) is 1. The van der Waals surface area contributed by atoms with Gasteiger partial charge in [-0.15, -0.1) is 0 Å². The van der Waals surface area contributed by atoms with E-state index in [1.165, 1.54) is 18.6 Å². The molecule has 0 radical (unpaired) electrons. The molecule has 8 heteroatoms. The van der Waals surface area contributed by atoms with Gasteiger partial charge >= 0.3 is 8.80 Å². The van der Waals surface area contributed by atoms with Crippen molar-refractivity contribution >= 4 is 37.0 Å². The van der Waals surface area contributed by atoms with Crippen molar-refractivity contribution in [2.45, 2.75) is 50.4 Å². The van der Waals surface area contributed by atoms with E-state index in [1.54, 1.807) is 21.3 Å². The van der Waals surface area contributed by atoms with E-state index in [1.807, 2.05) is 11.8 Å². The van der Waals surface area contributed by atoms with Crippen LogP contribution >= 0.6 is 11.8 Å². The molecule has 0 saturated carbocycles. The average Bonchev–Trinajstić information content (AvgIpc) is 2.64. The van der Waals surface area contributed by atoms with E-state index < -0.39 is 25.3 Å². The minimum Gasteiger partial charge on any atom is -0.376 e. The molecule has 1 heterocycles. The molecule has 1 saturated heterocycles. The molecule has 1 fully saturated rings. The van der Waals surface area contributed by atoms with Crippen molar-refractivity contribution in [1.82, 2.24) is 4.23 Å². The van der Waals surface area contributed by atoms with Gasteiger partial charge in [0.05, 0.1) is 5.38 Å². The van der Waals surface area contributed by atoms with Crippen LogP contribution < -0.4 is 0 Å². The van der Waals surface area contributed by atoms with Gasteiger partial charge in [0.2, 0.25) is 0 Å². The Morgan fingerprint density at radius 1 is 1.00 bits per heavy atom. The molecular formula is C13H33NO3SSi3. The summed E-state index contributed by atoms with van der Waals surface area (Å²) in [4.78, 5) is 0. The van der Waals surface area contributed by atoms with E-state index in [0.29, 0.717) is 5.25 Å². The highest BCUT2D eigenvalue weighted by Crippen LogP contribution is 2.37. The van der Waals surface area contributed by atoms with E-state index in [-0.39, 0.29) is 0 Å². The van der Waals surface area contributed by atoms with Crippen LogP contribution in [0.25, 0.3) is 0 Å². The molecule has 0 aromatic carbocycles. The fourth-order valence-corrected chi connectivity index (χ4v) is 21.8. The van der Waals surface area contributed by atoms with Gasteiger partial charge in [0, 0.05) is 26.6 Å². The Balaban J connectivity index is 2.59. The molecular weight excluding hydrogens is 334 g/mol. The monoisotopic (exact) mass is 367 g/mol. The zero-order valence-electron chi connectivity index (χ0n) is 15.0. The Hall–Kier alpha value is 0.841. The number of hydrogen-bond donors (Lipinski definition) is 0. The number of rotatable bonds is 8. The fraction of sp³-hybridized carbons (Fsp3) is 1.00. The van der Waals surface area contributed by atoms with Gasteiger partial charge in [-0.05, 0) is 18.6 Å². The van der Waals surface area contributed by atoms with Crippen LogP contribution in [0.3, 0.4) is 0 Å². The van der Waals surface area contributed by atoms with Gasteiger partial charge in [-0.25, -0.2) is 0 Å². The third kappa shape index (κ3) is 4.90. The zero-order chi connectivity index (χ0) is 16.3. The highest BCUT2D eigenvalue weighted by Gasteiger charge is 2.47. The zero-order valence-corrected chi connectivity index (χ0v) is 18.8. The second-order valence-corrected chi connectivity index (χ2v) is 21.8. The lowest BCUT2D eigenvalue weighted by atomic mass is 10.5. The molecule has 0 amide bonds. The normalized spacial score (nSPS) is 23.4. The van der Waals surface area contributed by atoms with E-state index in [4.69, 9.17) is 13.3 Å². The quantitative estimate of drug-likeness (QED) is 0.615. The lowest BCUT2D eigenvalue weighted by Crippen LogP contribution is -2.56. The molecule has 1 atom stereocenters. The predicted octanol–water partition coefficient (Wildman–Crippen LogP) is 3.25. The van der Waals surface area contributed by atoms with Gasteiger partial charge in [-0.3, -0.25) is 0 Å².